The van der Waals surface area contributed by atoms with E-state index in [1.54, 1.807) is 11.3 Å². The van der Waals surface area contributed by atoms with E-state index in [0.717, 1.165) is 29.4 Å². The van der Waals surface area contributed by atoms with Crippen LogP contribution in [0.4, 0.5) is 0 Å². The molecular weight excluding hydrogens is 404 g/mol. The van der Waals surface area contributed by atoms with Crippen molar-refractivity contribution in [3.05, 3.63) is 19.5 Å². The minimum atomic E-state index is -0.240. The van der Waals surface area contributed by atoms with Crippen LogP contribution in [0.3, 0.4) is 0 Å². The van der Waals surface area contributed by atoms with Gasteiger partial charge in [0.25, 0.3) is 0 Å². The topological polar surface area (TPSA) is 36.9 Å². The van der Waals surface area contributed by atoms with E-state index in [0.29, 0.717) is 13.6 Å². The third-order valence-corrected chi connectivity index (χ3v) is 9.26. The lowest BCUT2D eigenvalue weighted by Crippen LogP contribution is -2.18. The third-order valence-electron chi connectivity index (χ3n) is 6.03. The molecule has 0 spiro atoms. The van der Waals surface area contributed by atoms with E-state index in [1.165, 1.54) is 45.2 Å². The summed E-state index contributed by atoms with van der Waals surface area (Å²) >= 11 is 3.61. The van der Waals surface area contributed by atoms with Crippen molar-refractivity contribution in [2.45, 2.75) is 84.5 Å². The van der Waals surface area contributed by atoms with E-state index < -0.39 is 0 Å². The molecule has 4 nitrogen and oxygen atoms in total. The molecule has 0 amide bonds. The second-order valence-corrected chi connectivity index (χ2v) is 11.4. The fraction of sp³-hybridized carbons (Fsp3) is 0.652. The second kappa shape index (κ2) is 7.69. The van der Waals surface area contributed by atoms with E-state index in [9.17, 15) is 0 Å². The minimum absolute atomic E-state index is 0.0669. The fourth-order valence-corrected chi connectivity index (χ4v) is 6.89. The van der Waals surface area contributed by atoms with Gasteiger partial charge in [0.15, 0.2) is 23.0 Å². The summed E-state index contributed by atoms with van der Waals surface area (Å²) < 4.78 is 23.5. The zero-order valence-electron chi connectivity index (χ0n) is 18.4. The van der Waals surface area contributed by atoms with E-state index in [1.807, 2.05) is 11.3 Å². The first kappa shape index (κ1) is 20.9. The lowest BCUT2D eigenvalue weighted by molar-refractivity contribution is 0.170. The van der Waals surface area contributed by atoms with Gasteiger partial charge in [-0.05, 0) is 27.2 Å². The second-order valence-electron chi connectivity index (χ2n) is 9.20. The van der Waals surface area contributed by atoms with Gasteiger partial charge in [-0.2, -0.15) is 0 Å². The monoisotopic (exact) mass is 436 g/mol. The molecule has 0 saturated carbocycles. The van der Waals surface area contributed by atoms with Crippen LogP contribution in [0.15, 0.2) is 0 Å². The predicted octanol–water partition coefficient (Wildman–Crippen LogP) is 7.15. The fourth-order valence-electron chi connectivity index (χ4n) is 4.24. The molecular formula is C23H32O4S2. The maximum Gasteiger partial charge on any atom is 0.231 e. The van der Waals surface area contributed by atoms with E-state index in [2.05, 4.69) is 41.5 Å². The van der Waals surface area contributed by atoms with Gasteiger partial charge in [-0.25, -0.2) is 0 Å². The summed E-state index contributed by atoms with van der Waals surface area (Å²) in [5, 5.41) is 0. The Morgan fingerprint density at radius 3 is 1.93 bits per heavy atom. The molecule has 2 aliphatic rings. The van der Waals surface area contributed by atoms with Crippen LogP contribution in [0, 0.1) is 6.92 Å². The molecule has 0 aliphatic carbocycles. The number of ether oxygens (including phenoxy) is 4. The Labute approximate surface area is 182 Å². The number of unbranched alkanes of at least 4 members (excludes halogenated alkanes) is 3. The van der Waals surface area contributed by atoms with Gasteiger partial charge in [0, 0.05) is 15.7 Å². The Bertz CT molecular complexity index is 891. The molecule has 2 aromatic rings. The highest BCUT2D eigenvalue weighted by molar-refractivity contribution is 7.14. The Morgan fingerprint density at radius 1 is 0.724 bits per heavy atom. The van der Waals surface area contributed by atoms with E-state index in [4.69, 9.17) is 18.9 Å². The number of hydrogen-bond acceptors (Lipinski definition) is 6. The molecule has 6 heteroatoms. The number of aryl methyl sites for hydroxylation is 1. The normalized spacial score (nSPS) is 15.4. The number of hydrogen-bond donors (Lipinski definition) is 0. The molecule has 0 N–H and O–H groups in total. The van der Waals surface area contributed by atoms with Gasteiger partial charge < -0.3 is 18.9 Å². The van der Waals surface area contributed by atoms with Crippen LogP contribution in [-0.2, 0) is 10.8 Å². The summed E-state index contributed by atoms with van der Waals surface area (Å²) in [6, 6.07) is 0. The molecule has 2 aromatic heterocycles. The summed E-state index contributed by atoms with van der Waals surface area (Å²) in [5.74, 6) is 3.69. The quantitative estimate of drug-likeness (QED) is 0.412. The molecule has 0 unspecified atom stereocenters. The van der Waals surface area contributed by atoms with Gasteiger partial charge in [0.2, 0.25) is 13.6 Å². The highest BCUT2D eigenvalue weighted by Gasteiger charge is 2.43. The summed E-state index contributed by atoms with van der Waals surface area (Å²) in [7, 11) is 0. The Balaban J connectivity index is 1.70. The first-order valence-electron chi connectivity index (χ1n) is 10.6. The van der Waals surface area contributed by atoms with Crippen molar-refractivity contribution in [3.63, 3.8) is 0 Å². The Kier molecular flexibility index (Phi) is 5.53. The van der Waals surface area contributed by atoms with E-state index >= 15 is 0 Å². The lowest BCUT2D eigenvalue weighted by Gasteiger charge is -2.25. The molecule has 0 atom stereocenters. The summed E-state index contributed by atoms with van der Waals surface area (Å²) in [5.41, 5.74) is -0.173. The van der Waals surface area contributed by atoms with Crippen LogP contribution in [0.1, 0.15) is 86.2 Å². The largest absolute Gasteiger partial charge is 0.452 e. The summed E-state index contributed by atoms with van der Waals surface area (Å²) in [6.45, 7) is 14.2. The first-order valence-corrected chi connectivity index (χ1v) is 12.2. The highest BCUT2D eigenvalue weighted by atomic mass is 32.1. The molecule has 4 rings (SSSR count). The van der Waals surface area contributed by atoms with Crippen molar-refractivity contribution in [2.75, 3.05) is 13.6 Å². The van der Waals surface area contributed by atoms with Gasteiger partial charge in [0.05, 0.1) is 14.6 Å². The number of thiophene rings is 2. The minimum Gasteiger partial charge on any atom is -0.452 e. The lowest BCUT2D eigenvalue weighted by atomic mass is 9.84. The van der Waals surface area contributed by atoms with Crippen LogP contribution < -0.4 is 18.9 Å². The van der Waals surface area contributed by atoms with Gasteiger partial charge in [-0.1, -0.05) is 46.5 Å². The van der Waals surface area contributed by atoms with Crippen molar-refractivity contribution in [3.8, 4) is 23.0 Å². The Hall–Kier alpha value is -1.40. The summed E-state index contributed by atoms with van der Waals surface area (Å²) in [4.78, 5) is 4.91. The van der Waals surface area contributed by atoms with Crippen molar-refractivity contribution in [1.82, 2.24) is 0 Å². The van der Waals surface area contributed by atoms with Crippen LogP contribution in [-0.4, -0.2) is 13.6 Å². The van der Waals surface area contributed by atoms with Crippen LogP contribution >= 0.6 is 22.7 Å². The van der Waals surface area contributed by atoms with Crippen LogP contribution in [0.25, 0.3) is 0 Å². The zero-order chi connectivity index (χ0) is 20.8. The maximum atomic E-state index is 6.00. The molecule has 0 aromatic carbocycles. The van der Waals surface area contributed by atoms with Crippen molar-refractivity contribution >= 4 is 22.7 Å². The number of rotatable bonds is 8. The highest BCUT2D eigenvalue weighted by Crippen LogP contribution is 2.59. The van der Waals surface area contributed by atoms with Gasteiger partial charge in [0.1, 0.15) is 0 Å². The van der Waals surface area contributed by atoms with Crippen LogP contribution in [0.2, 0.25) is 0 Å². The van der Waals surface area contributed by atoms with Crippen LogP contribution in [0.5, 0.6) is 23.0 Å². The predicted molar refractivity (Wildman–Crippen MR) is 120 cm³/mol. The van der Waals surface area contributed by atoms with E-state index in [-0.39, 0.29) is 10.8 Å². The van der Waals surface area contributed by atoms with Gasteiger partial charge >= 0.3 is 0 Å². The smallest absolute Gasteiger partial charge is 0.231 e. The zero-order valence-corrected chi connectivity index (χ0v) is 20.0. The SMILES string of the molecule is CCCCCCC(C)(C)c1sc(C(C)(C)c2sc(C)c3c2OCO3)c2c1OCO2. The average molecular weight is 437 g/mol. The average Bonchev–Trinajstić information content (AvgIpc) is 3.40. The maximum absolute atomic E-state index is 6.00. The molecule has 0 saturated heterocycles. The molecule has 2 aliphatic heterocycles. The standard InChI is InChI=1S/C23H32O4S2/c1-7-8-9-10-11-22(3,4)19-17-18(27-13-26-17)21(29-19)23(5,6)20-16-15(14(2)28-20)24-12-25-16/h7-13H2,1-6H3. The molecule has 0 bridgehead atoms. The van der Waals surface area contributed by atoms with Crippen molar-refractivity contribution < 1.29 is 18.9 Å². The Morgan fingerprint density at radius 2 is 1.28 bits per heavy atom. The summed E-state index contributed by atoms with van der Waals surface area (Å²) in [6.07, 6.45) is 6.27. The van der Waals surface area contributed by atoms with Crippen molar-refractivity contribution in [2.24, 2.45) is 0 Å². The first-order chi connectivity index (χ1) is 13.8. The van der Waals surface area contributed by atoms with Gasteiger partial charge in [-0.15, -0.1) is 22.7 Å². The van der Waals surface area contributed by atoms with Gasteiger partial charge in [-0.3, -0.25) is 0 Å². The molecule has 29 heavy (non-hydrogen) atoms. The molecule has 160 valence electrons. The third kappa shape index (κ3) is 3.52. The number of fused-ring (bicyclic) bond motifs is 2. The van der Waals surface area contributed by atoms with Crippen molar-refractivity contribution in [1.29, 1.82) is 0 Å². The molecule has 0 radical (unpaired) electrons. The molecule has 0 fully saturated rings. The molecule has 4 heterocycles.